The number of nitrogens with two attached hydrogens (primary N) is 1. The van der Waals surface area contributed by atoms with Crippen molar-refractivity contribution in [1.29, 1.82) is 0 Å². The number of rotatable bonds is 11. The predicted molar refractivity (Wildman–Crippen MR) is 103 cm³/mol. The van der Waals surface area contributed by atoms with Crippen LogP contribution in [0.25, 0.3) is 0 Å². The zero-order valence-electron chi connectivity index (χ0n) is 20.0. The number of hydrogen-bond acceptors (Lipinski definition) is 6. The fourth-order valence-electron chi connectivity index (χ4n) is 1.88. The summed E-state index contributed by atoms with van der Waals surface area (Å²) in [6, 6.07) is 4.18. The Hall–Kier alpha value is -2.92. The third-order valence-corrected chi connectivity index (χ3v) is 3.19. The van der Waals surface area contributed by atoms with Crippen molar-refractivity contribution in [2.75, 3.05) is 26.8 Å². The molecule has 30 heavy (non-hydrogen) atoms. The summed E-state index contributed by atoms with van der Waals surface area (Å²) in [7, 11) is 1.53. The van der Waals surface area contributed by atoms with Crippen LogP contribution >= 0.6 is 0 Å². The molecule has 4 N–H and O–H groups in total. The Balaban J connectivity index is 0.00000116. The molecule has 0 amide bonds. The van der Waals surface area contributed by atoms with Crippen LogP contribution in [0.3, 0.4) is 0 Å². The number of benzene rings is 1. The lowest BCUT2D eigenvalue weighted by Gasteiger charge is -2.10. The van der Waals surface area contributed by atoms with Gasteiger partial charge in [0.05, 0.1) is 14.0 Å². The van der Waals surface area contributed by atoms with E-state index in [9.17, 15) is 22.8 Å². The summed E-state index contributed by atoms with van der Waals surface area (Å²) in [6.45, 7) is -5.23. The highest BCUT2D eigenvalue weighted by Gasteiger charge is 2.30. The minimum atomic E-state index is -4.47. The van der Waals surface area contributed by atoms with Gasteiger partial charge in [0, 0.05) is 35.1 Å². The van der Waals surface area contributed by atoms with E-state index < -0.39 is 36.7 Å². The molecule has 8 nitrogen and oxygen atoms in total. The van der Waals surface area contributed by atoms with Gasteiger partial charge in [-0.1, -0.05) is 17.3 Å². The molecule has 0 unspecified atom stereocenters. The van der Waals surface area contributed by atoms with Crippen molar-refractivity contribution in [3.8, 4) is 0 Å². The van der Waals surface area contributed by atoms with Gasteiger partial charge in [0.1, 0.15) is 6.56 Å². The van der Waals surface area contributed by atoms with Crippen LogP contribution in [-0.4, -0.2) is 54.6 Å². The minimum absolute atomic E-state index is 0.183. The fraction of sp³-hybridized carbons (Fsp3) is 0.421. The van der Waals surface area contributed by atoms with Crippen LogP contribution in [0.4, 0.5) is 13.2 Å². The number of carbonyl (C=O) groups is 2. The highest BCUT2D eigenvalue weighted by molar-refractivity contribution is 6.00. The molecule has 0 fully saturated rings. The Kier molecular flexibility index (Phi) is 10.2. The number of unbranched alkanes of at least 4 members (excludes halogenated alkanes) is 1. The number of hydrogen-bond donors (Lipinski definition) is 3. The zero-order valence-corrected chi connectivity index (χ0v) is 16.0. The molecule has 0 aromatic heterocycles. The van der Waals surface area contributed by atoms with Crippen LogP contribution in [0.1, 0.15) is 35.9 Å². The molecule has 0 saturated carbocycles. The van der Waals surface area contributed by atoms with Crippen molar-refractivity contribution in [2.45, 2.75) is 25.4 Å². The molecule has 0 aliphatic heterocycles. The van der Waals surface area contributed by atoms with Crippen molar-refractivity contribution in [2.24, 2.45) is 10.9 Å². The molecular weight excluding hydrogens is 409 g/mol. The lowest BCUT2D eigenvalue weighted by atomic mass is 10.0. The van der Waals surface area contributed by atoms with Crippen LogP contribution in [0, 0.1) is 0 Å². The molecule has 1 aromatic carbocycles. The topological polar surface area (TPSA) is 131 Å². The summed E-state index contributed by atoms with van der Waals surface area (Å²) >= 11 is 0. The second kappa shape index (κ2) is 15.0. The number of methoxy groups -OCH3 is 1. The normalized spacial score (nSPS) is 14.6. The van der Waals surface area contributed by atoms with Crippen LogP contribution in [-0.2, 0) is 25.3 Å². The van der Waals surface area contributed by atoms with Crippen molar-refractivity contribution in [1.82, 2.24) is 0 Å². The molecular formula is C19H25F3N2O6. The first kappa shape index (κ1) is 20.4. The second-order valence-corrected chi connectivity index (χ2v) is 5.41. The Labute approximate surface area is 177 Å². The lowest BCUT2D eigenvalue weighted by Crippen LogP contribution is -2.09. The molecule has 0 atom stereocenters. The van der Waals surface area contributed by atoms with Crippen LogP contribution in [0.5, 0.6) is 0 Å². The van der Waals surface area contributed by atoms with E-state index in [2.05, 4.69) is 9.99 Å². The number of alkyl halides is 3. The summed E-state index contributed by atoms with van der Waals surface area (Å²) in [5.74, 6) is -2.51. The molecule has 11 heteroatoms. The van der Waals surface area contributed by atoms with Gasteiger partial charge in [-0.25, -0.2) is 9.59 Å². The van der Waals surface area contributed by atoms with E-state index in [1.807, 2.05) is 0 Å². The number of nitrogens with zero attached hydrogens (tertiary/aromatic N) is 1. The average Bonchev–Trinajstić information content (AvgIpc) is 2.71. The van der Waals surface area contributed by atoms with E-state index >= 15 is 0 Å². The molecule has 0 spiro atoms. The molecule has 0 heterocycles. The average molecular weight is 438 g/mol. The van der Waals surface area contributed by atoms with Gasteiger partial charge in [0.15, 0.2) is 0 Å². The molecule has 0 bridgehead atoms. The maximum Gasteiger partial charge on any atom is 0.416 e. The number of ether oxygens (including phenoxy) is 1. The quantitative estimate of drug-likeness (QED) is 0.209. The Bertz CT molecular complexity index is 841. The molecule has 0 radical (unpaired) electrons. The summed E-state index contributed by atoms with van der Waals surface area (Å²) in [6.07, 6.45) is -1.86. The minimum Gasteiger partial charge on any atom is -0.478 e. The highest BCUT2D eigenvalue weighted by atomic mass is 19.4. The maximum atomic E-state index is 12.7. The molecule has 0 aliphatic rings. The van der Waals surface area contributed by atoms with Crippen LogP contribution in [0.2, 0.25) is 0 Å². The lowest BCUT2D eigenvalue weighted by molar-refractivity contribution is -0.137. The summed E-state index contributed by atoms with van der Waals surface area (Å²) < 4.78 is 72.3. The first-order valence-electron chi connectivity index (χ1n) is 10.4. The molecule has 0 saturated heterocycles. The fourth-order valence-corrected chi connectivity index (χ4v) is 1.88. The Morgan fingerprint density at radius 2 is 1.73 bits per heavy atom. The van der Waals surface area contributed by atoms with Gasteiger partial charge in [0.25, 0.3) is 0 Å². The summed E-state index contributed by atoms with van der Waals surface area (Å²) in [5.41, 5.74) is 4.74. The van der Waals surface area contributed by atoms with Gasteiger partial charge >= 0.3 is 18.1 Å². The number of carboxylic acids is 2. The van der Waals surface area contributed by atoms with Crippen LogP contribution < -0.4 is 5.73 Å². The Morgan fingerprint density at radius 3 is 2.17 bits per heavy atom. The first-order valence-corrected chi connectivity index (χ1v) is 8.35. The van der Waals surface area contributed by atoms with E-state index in [1.54, 1.807) is 0 Å². The van der Waals surface area contributed by atoms with Crippen LogP contribution in [0.15, 0.2) is 41.6 Å². The molecule has 1 aromatic rings. The van der Waals surface area contributed by atoms with E-state index in [1.165, 1.54) is 19.2 Å². The van der Waals surface area contributed by atoms with Crippen molar-refractivity contribution < 1.29 is 48.0 Å². The summed E-state index contributed by atoms with van der Waals surface area (Å²) in [4.78, 5) is 23.7. The van der Waals surface area contributed by atoms with E-state index in [0.717, 1.165) is 12.1 Å². The number of carboxylic acid groups (broad SMARTS) is 2. The van der Waals surface area contributed by atoms with Gasteiger partial charge < -0.3 is 25.5 Å². The Morgan fingerprint density at radius 1 is 1.17 bits per heavy atom. The van der Waals surface area contributed by atoms with Crippen molar-refractivity contribution in [3.05, 3.63) is 47.5 Å². The third-order valence-electron chi connectivity index (χ3n) is 3.19. The zero-order chi connectivity index (χ0) is 26.6. The van der Waals surface area contributed by atoms with Gasteiger partial charge in [-0.2, -0.15) is 13.2 Å². The highest BCUT2D eigenvalue weighted by Crippen LogP contribution is 2.29. The largest absolute Gasteiger partial charge is 0.478 e. The van der Waals surface area contributed by atoms with Gasteiger partial charge in [-0.3, -0.25) is 0 Å². The monoisotopic (exact) mass is 438 g/mol. The SMILES string of the molecule is O=C(O)/C=C\C(=O)O.[2H]C([2H])(N)C([2H])([2H])O/N=C(\CCCCOC)c1ccc(C(F)(F)F)cc1. The van der Waals surface area contributed by atoms with Gasteiger partial charge in [0.2, 0.25) is 0 Å². The summed E-state index contributed by atoms with van der Waals surface area (Å²) in [5, 5.41) is 19.2. The van der Waals surface area contributed by atoms with E-state index in [4.69, 9.17) is 26.2 Å². The number of halogens is 3. The van der Waals surface area contributed by atoms with E-state index in [0.29, 0.717) is 37.2 Å². The standard InChI is InChI=1S/C15H21F3N2O2.C4H4O4/c1-21-10-3-2-4-14(20-22-11-9-19)12-5-7-13(8-6-12)15(16,17)18;5-3(6)1-2-4(7)8/h5-8H,2-4,9-11,19H2,1H3;1-2H,(H,5,6)(H,7,8)/b20-14+;2-1-/i9D2,11D2;. The predicted octanol–water partition coefficient (Wildman–Crippen LogP) is 2.91. The third kappa shape index (κ3) is 13.3. The maximum absolute atomic E-state index is 12.7. The molecule has 0 aliphatic carbocycles. The molecule has 168 valence electrons. The van der Waals surface area contributed by atoms with E-state index in [-0.39, 0.29) is 12.1 Å². The van der Waals surface area contributed by atoms with Crippen molar-refractivity contribution in [3.63, 3.8) is 0 Å². The second-order valence-electron chi connectivity index (χ2n) is 5.41. The first-order chi connectivity index (χ1) is 15.5. The van der Waals surface area contributed by atoms with Gasteiger partial charge in [-0.05, 0) is 37.0 Å². The number of oxime groups is 1. The van der Waals surface area contributed by atoms with Gasteiger partial charge in [-0.15, -0.1) is 0 Å². The van der Waals surface area contributed by atoms with Crippen molar-refractivity contribution >= 4 is 17.7 Å². The smallest absolute Gasteiger partial charge is 0.416 e. The molecule has 1 rings (SSSR count). The number of aliphatic carboxylic acids is 2.